The van der Waals surface area contributed by atoms with E-state index in [1.54, 1.807) is 24.5 Å². The molecule has 0 radical (unpaired) electrons. The van der Waals surface area contributed by atoms with E-state index in [9.17, 15) is 27.6 Å². The van der Waals surface area contributed by atoms with Gasteiger partial charge in [-0.25, -0.2) is 4.79 Å². The smallest absolute Gasteiger partial charge is 0.318 e. The molecule has 2 rings (SSSR count). The molecule has 1 unspecified atom stereocenters. The third kappa shape index (κ3) is 3.34. The minimum Gasteiger partial charge on any atom is -0.318 e. The molecule has 9 heteroatoms. The second-order valence-corrected chi connectivity index (χ2v) is 6.81. The summed E-state index contributed by atoms with van der Waals surface area (Å²) in [6.07, 6.45) is -1.70. The summed E-state index contributed by atoms with van der Waals surface area (Å²) < 4.78 is 40.8. The zero-order valence-corrected chi connectivity index (χ0v) is 13.7. The van der Waals surface area contributed by atoms with Crippen LogP contribution < -0.4 is 10.6 Å². The first kappa shape index (κ1) is 18.5. The fourth-order valence-corrected chi connectivity index (χ4v) is 3.11. The molecule has 2 N–H and O–H groups in total. The summed E-state index contributed by atoms with van der Waals surface area (Å²) in [5, 5.41) is 3.46. The summed E-state index contributed by atoms with van der Waals surface area (Å²) in [5.41, 5.74) is -3.37. The number of hydrogen-bond acceptors (Lipinski definition) is 3. The minimum absolute atomic E-state index is 0.151. The summed E-state index contributed by atoms with van der Waals surface area (Å²) >= 11 is 0. The van der Waals surface area contributed by atoms with Crippen LogP contribution in [0.1, 0.15) is 46.0 Å². The monoisotopic (exact) mass is 349 g/mol. The lowest BCUT2D eigenvalue weighted by atomic mass is 9.88. The molecule has 2 fully saturated rings. The summed E-state index contributed by atoms with van der Waals surface area (Å²) in [6.45, 7) is 3.20. The van der Waals surface area contributed by atoms with Crippen molar-refractivity contribution >= 4 is 17.8 Å². The minimum atomic E-state index is -5.13. The topological polar surface area (TPSA) is 78.5 Å². The molecular formula is C15H22F3N3O3. The highest BCUT2D eigenvalue weighted by atomic mass is 19.4. The summed E-state index contributed by atoms with van der Waals surface area (Å²) in [4.78, 5) is 37.0. The maximum absolute atomic E-state index is 13.6. The number of nitrogens with zero attached hydrogens (tertiary/aromatic N) is 1. The van der Waals surface area contributed by atoms with Crippen molar-refractivity contribution in [3.8, 4) is 0 Å². The van der Waals surface area contributed by atoms with E-state index in [0.717, 1.165) is 19.3 Å². The van der Waals surface area contributed by atoms with Crippen LogP contribution in [0.2, 0.25) is 0 Å². The first-order valence-electron chi connectivity index (χ1n) is 8.11. The fourth-order valence-electron chi connectivity index (χ4n) is 3.11. The molecule has 0 aromatic heterocycles. The number of imide groups is 1. The number of alkyl halides is 3. The number of hydrogen-bond donors (Lipinski definition) is 2. The molecule has 1 saturated carbocycles. The molecular weight excluding hydrogens is 327 g/mol. The number of rotatable bonds is 4. The Morgan fingerprint density at radius 2 is 1.88 bits per heavy atom. The fraction of sp³-hybridized carbons (Fsp3) is 0.800. The molecule has 136 valence electrons. The molecule has 0 bridgehead atoms. The quantitative estimate of drug-likeness (QED) is 0.764. The number of urea groups is 1. The van der Waals surface area contributed by atoms with Crippen molar-refractivity contribution in [2.45, 2.75) is 57.8 Å². The molecule has 4 amide bonds. The van der Waals surface area contributed by atoms with Crippen molar-refractivity contribution in [3.05, 3.63) is 0 Å². The van der Waals surface area contributed by atoms with E-state index in [4.69, 9.17) is 0 Å². The van der Waals surface area contributed by atoms with E-state index in [1.165, 1.54) is 0 Å². The van der Waals surface area contributed by atoms with Crippen LogP contribution in [0, 0.1) is 11.8 Å². The molecule has 1 saturated heterocycles. The highest BCUT2D eigenvalue weighted by Crippen LogP contribution is 2.35. The Bertz CT molecular complexity index is 530. The summed E-state index contributed by atoms with van der Waals surface area (Å²) in [6, 6.07) is -1.14. The summed E-state index contributed by atoms with van der Waals surface area (Å²) in [7, 11) is 0. The van der Waals surface area contributed by atoms with Crippen LogP contribution in [-0.2, 0) is 9.59 Å². The number of carbonyl (C=O) groups is 3. The van der Waals surface area contributed by atoms with Gasteiger partial charge in [0.1, 0.15) is 0 Å². The van der Waals surface area contributed by atoms with E-state index in [1.807, 2.05) is 0 Å². The normalized spacial score (nSPS) is 26.0. The van der Waals surface area contributed by atoms with Gasteiger partial charge in [-0.05, 0) is 18.8 Å². The average molecular weight is 349 g/mol. The predicted molar refractivity (Wildman–Crippen MR) is 78.6 cm³/mol. The highest BCUT2D eigenvalue weighted by molar-refractivity contribution is 6.09. The van der Waals surface area contributed by atoms with Gasteiger partial charge in [-0.3, -0.25) is 19.8 Å². The highest BCUT2D eigenvalue weighted by Gasteiger charge is 2.68. The number of halogens is 3. The van der Waals surface area contributed by atoms with Crippen LogP contribution in [-0.4, -0.2) is 41.1 Å². The van der Waals surface area contributed by atoms with Crippen LogP contribution in [0.3, 0.4) is 0 Å². The van der Waals surface area contributed by atoms with E-state index >= 15 is 0 Å². The van der Waals surface area contributed by atoms with Crippen LogP contribution in [0.4, 0.5) is 18.0 Å². The first-order valence-corrected chi connectivity index (χ1v) is 8.11. The molecule has 6 nitrogen and oxygen atoms in total. The Hall–Kier alpha value is -1.80. The Morgan fingerprint density at radius 3 is 2.38 bits per heavy atom. The van der Waals surface area contributed by atoms with Crippen LogP contribution in [0.15, 0.2) is 0 Å². The second kappa shape index (κ2) is 6.60. The van der Waals surface area contributed by atoms with Gasteiger partial charge in [0, 0.05) is 12.5 Å². The second-order valence-electron chi connectivity index (χ2n) is 6.81. The SMILES string of the molecule is CC(C)CN1C(=O)NC(NC(=O)C2CCCCC2)(C(F)(F)F)C1=O. The Labute approximate surface area is 138 Å². The third-order valence-corrected chi connectivity index (χ3v) is 4.37. The summed E-state index contributed by atoms with van der Waals surface area (Å²) in [5.74, 6) is -3.08. The lowest BCUT2D eigenvalue weighted by molar-refractivity contribution is -0.205. The third-order valence-electron chi connectivity index (χ3n) is 4.37. The van der Waals surface area contributed by atoms with Crippen molar-refractivity contribution in [3.63, 3.8) is 0 Å². The van der Waals surface area contributed by atoms with E-state index in [0.29, 0.717) is 17.7 Å². The van der Waals surface area contributed by atoms with Gasteiger partial charge >= 0.3 is 12.2 Å². The molecule has 1 aliphatic carbocycles. The van der Waals surface area contributed by atoms with Gasteiger partial charge in [0.25, 0.3) is 11.6 Å². The van der Waals surface area contributed by atoms with E-state index in [2.05, 4.69) is 0 Å². The van der Waals surface area contributed by atoms with Gasteiger partial charge in [0.2, 0.25) is 5.91 Å². The van der Waals surface area contributed by atoms with Crippen LogP contribution in [0.5, 0.6) is 0 Å². The van der Waals surface area contributed by atoms with Crippen molar-refractivity contribution in [1.29, 1.82) is 0 Å². The molecule has 0 aromatic rings. The molecule has 2 aliphatic rings. The van der Waals surface area contributed by atoms with Crippen molar-refractivity contribution in [1.82, 2.24) is 15.5 Å². The van der Waals surface area contributed by atoms with Gasteiger partial charge in [-0.2, -0.15) is 13.2 Å². The van der Waals surface area contributed by atoms with E-state index < -0.39 is 35.6 Å². The molecule has 1 heterocycles. The van der Waals surface area contributed by atoms with Crippen molar-refractivity contribution in [2.24, 2.45) is 11.8 Å². The Balaban J connectivity index is 2.26. The number of amides is 4. The van der Waals surface area contributed by atoms with Gasteiger partial charge in [0.15, 0.2) is 0 Å². The van der Waals surface area contributed by atoms with Crippen molar-refractivity contribution in [2.75, 3.05) is 6.54 Å². The van der Waals surface area contributed by atoms with Gasteiger partial charge in [0.05, 0.1) is 0 Å². The number of carbonyl (C=O) groups excluding carboxylic acids is 3. The maximum Gasteiger partial charge on any atom is 0.440 e. The maximum atomic E-state index is 13.6. The molecule has 24 heavy (non-hydrogen) atoms. The predicted octanol–water partition coefficient (Wildman–Crippen LogP) is 2.15. The largest absolute Gasteiger partial charge is 0.440 e. The standard InChI is InChI=1S/C15H22F3N3O3/c1-9(2)8-21-12(23)14(15(16,17)18,20-13(21)24)19-11(22)10-6-4-3-5-7-10/h9-10H,3-8H2,1-2H3,(H,19,22)(H,20,24). The molecule has 0 spiro atoms. The number of nitrogens with one attached hydrogen (secondary N) is 2. The van der Waals surface area contributed by atoms with E-state index in [-0.39, 0.29) is 12.5 Å². The molecule has 1 aliphatic heterocycles. The lowest BCUT2D eigenvalue weighted by Gasteiger charge is -2.32. The van der Waals surface area contributed by atoms with Gasteiger partial charge < -0.3 is 5.32 Å². The Morgan fingerprint density at radius 1 is 1.29 bits per heavy atom. The Kier molecular flexibility index (Phi) is 5.10. The molecule has 0 aromatic carbocycles. The first-order chi connectivity index (χ1) is 11.1. The zero-order valence-electron chi connectivity index (χ0n) is 13.7. The lowest BCUT2D eigenvalue weighted by Crippen LogP contribution is -2.70. The molecule has 1 atom stereocenters. The van der Waals surface area contributed by atoms with Crippen LogP contribution in [0.25, 0.3) is 0 Å². The van der Waals surface area contributed by atoms with Gasteiger partial charge in [-0.1, -0.05) is 33.1 Å². The van der Waals surface area contributed by atoms with Crippen molar-refractivity contribution < 1.29 is 27.6 Å². The average Bonchev–Trinajstić information content (AvgIpc) is 2.72. The zero-order chi connectivity index (χ0) is 18.1. The van der Waals surface area contributed by atoms with Gasteiger partial charge in [-0.15, -0.1) is 0 Å². The van der Waals surface area contributed by atoms with Crippen LogP contribution >= 0.6 is 0 Å².